The number of halogens is 1. The maximum Gasteiger partial charge on any atom is 0.0782 e. The summed E-state index contributed by atoms with van der Waals surface area (Å²) in [6.45, 7) is 8.09. The van der Waals surface area contributed by atoms with Gasteiger partial charge in [0.1, 0.15) is 0 Å². The minimum absolute atomic E-state index is 0.395. The molecule has 0 aromatic heterocycles. The molecule has 1 aromatic rings. The van der Waals surface area contributed by atoms with Crippen LogP contribution in [0.2, 0.25) is 0 Å². The zero-order chi connectivity index (χ0) is 14.6. The molecule has 0 amide bonds. The van der Waals surface area contributed by atoms with Crippen LogP contribution >= 0.6 is 15.9 Å². The van der Waals surface area contributed by atoms with Crippen molar-refractivity contribution in [1.82, 2.24) is 4.90 Å². The fourth-order valence-corrected chi connectivity index (χ4v) is 2.81. The van der Waals surface area contributed by atoms with Gasteiger partial charge in [0, 0.05) is 34.9 Å². The van der Waals surface area contributed by atoms with E-state index in [1.165, 1.54) is 0 Å². The molecule has 0 saturated carbocycles. The number of benzene rings is 1. The Morgan fingerprint density at radius 2 is 1.89 bits per heavy atom. The zero-order valence-electron chi connectivity index (χ0n) is 12.5. The average Bonchev–Trinajstić information content (AvgIpc) is 2.28. The number of anilines is 1. The maximum atomic E-state index is 9.95. The molecule has 0 aliphatic heterocycles. The van der Waals surface area contributed by atoms with E-state index in [4.69, 9.17) is 0 Å². The van der Waals surface area contributed by atoms with Gasteiger partial charge in [-0.1, -0.05) is 22.0 Å². The van der Waals surface area contributed by atoms with E-state index >= 15 is 0 Å². The first kappa shape index (κ1) is 16.5. The molecule has 0 bridgehead atoms. The van der Waals surface area contributed by atoms with Crippen molar-refractivity contribution in [2.45, 2.75) is 32.9 Å². The fourth-order valence-electron chi connectivity index (χ4n) is 2.47. The second kappa shape index (κ2) is 7.27. The first-order chi connectivity index (χ1) is 8.86. The van der Waals surface area contributed by atoms with Crippen LogP contribution < -0.4 is 4.90 Å². The third-order valence-corrected chi connectivity index (χ3v) is 3.75. The Balaban J connectivity index is 3.12. The smallest absolute Gasteiger partial charge is 0.0782 e. The molecule has 3 nitrogen and oxygen atoms in total. The highest BCUT2D eigenvalue weighted by molar-refractivity contribution is 9.10. The third kappa shape index (κ3) is 4.48. The van der Waals surface area contributed by atoms with Gasteiger partial charge in [-0.05, 0) is 47.0 Å². The van der Waals surface area contributed by atoms with Gasteiger partial charge in [0.05, 0.1) is 6.10 Å². The summed E-state index contributed by atoms with van der Waals surface area (Å²) >= 11 is 3.52. The molecular formula is C15H25BrN2O. The van der Waals surface area contributed by atoms with Crippen molar-refractivity contribution in [3.63, 3.8) is 0 Å². The van der Waals surface area contributed by atoms with Crippen molar-refractivity contribution >= 4 is 21.6 Å². The lowest BCUT2D eigenvalue weighted by molar-refractivity contribution is 0.199. The van der Waals surface area contributed by atoms with Crippen LogP contribution in [0.3, 0.4) is 0 Å². The first-order valence-electron chi connectivity index (χ1n) is 6.75. The van der Waals surface area contributed by atoms with Crippen LogP contribution in [0, 0.1) is 0 Å². The molecule has 2 atom stereocenters. The van der Waals surface area contributed by atoms with E-state index in [-0.39, 0.29) is 0 Å². The fraction of sp³-hybridized carbons (Fsp3) is 0.600. The van der Waals surface area contributed by atoms with E-state index in [9.17, 15) is 5.11 Å². The Bertz CT molecular complexity index is 407. The van der Waals surface area contributed by atoms with E-state index in [0.717, 1.165) is 28.8 Å². The standard InChI is InChI=1S/C15H25BrN2O/c1-6-18(11(2)10-17(4)5)15-9-13(16)7-8-14(15)12(3)19/h7-9,11-12,19H,6,10H2,1-5H3. The summed E-state index contributed by atoms with van der Waals surface area (Å²) in [6.07, 6.45) is -0.455. The van der Waals surface area contributed by atoms with Crippen LogP contribution in [-0.4, -0.2) is 43.2 Å². The minimum Gasteiger partial charge on any atom is -0.389 e. The largest absolute Gasteiger partial charge is 0.389 e. The molecule has 0 aliphatic rings. The van der Waals surface area contributed by atoms with Gasteiger partial charge in [0.15, 0.2) is 0 Å². The Hall–Kier alpha value is -0.580. The molecule has 108 valence electrons. The Labute approximate surface area is 125 Å². The molecule has 0 saturated heterocycles. The summed E-state index contributed by atoms with van der Waals surface area (Å²) in [5.41, 5.74) is 2.09. The first-order valence-corrected chi connectivity index (χ1v) is 7.55. The van der Waals surface area contributed by atoms with Gasteiger partial charge < -0.3 is 14.9 Å². The number of rotatable bonds is 6. The summed E-state index contributed by atoms with van der Waals surface area (Å²) < 4.78 is 1.04. The van der Waals surface area contributed by atoms with E-state index < -0.39 is 6.10 Å². The highest BCUT2D eigenvalue weighted by Gasteiger charge is 2.19. The lowest BCUT2D eigenvalue weighted by Crippen LogP contribution is -2.40. The van der Waals surface area contributed by atoms with Crippen LogP contribution in [0.1, 0.15) is 32.4 Å². The predicted octanol–water partition coefficient (Wildman–Crippen LogP) is 3.28. The van der Waals surface area contributed by atoms with Crippen LogP contribution in [0.5, 0.6) is 0 Å². The van der Waals surface area contributed by atoms with Crippen LogP contribution in [0.4, 0.5) is 5.69 Å². The second-order valence-electron chi connectivity index (χ2n) is 5.28. The topological polar surface area (TPSA) is 26.7 Å². The molecule has 2 unspecified atom stereocenters. The summed E-state index contributed by atoms with van der Waals surface area (Å²) in [4.78, 5) is 4.53. The number of hydrogen-bond acceptors (Lipinski definition) is 3. The van der Waals surface area contributed by atoms with Crippen LogP contribution in [-0.2, 0) is 0 Å². The van der Waals surface area contributed by atoms with Crippen LogP contribution in [0.25, 0.3) is 0 Å². The summed E-state index contributed by atoms with van der Waals surface area (Å²) in [5, 5.41) is 9.95. The third-order valence-electron chi connectivity index (χ3n) is 3.25. The van der Waals surface area contributed by atoms with Crippen molar-refractivity contribution in [2.24, 2.45) is 0 Å². The highest BCUT2D eigenvalue weighted by atomic mass is 79.9. The average molecular weight is 329 g/mol. The van der Waals surface area contributed by atoms with Crippen LogP contribution in [0.15, 0.2) is 22.7 Å². The molecule has 1 rings (SSSR count). The Morgan fingerprint density at radius 1 is 1.26 bits per heavy atom. The van der Waals surface area contributed by atoms with Crippen molar-refractivity contribution in [3.8, 4) is 0 Å². The van der Waals surface area contributed by atoms with Gasteiger partial charge in [-0.15, -0.1) is 0 Å². The lowest BCUT2D eigenvalue weighted by Gasteiger charge is -2.34. The molecular weight excluding hydrogens is 304 g/mol. The van der Waals surface area contributed by atoms with Gasteiger partial charge >= 0.3 is 0 Å². The molecule has 1 aromatic carbocycles. The van der Waals surface area contributed by atoms with E-state index in [1.54, 1.807) is 0 Å². The minimum atomic E-state index is -0.455. The molecule has 0 spiro atoms. The molecule has 1 N–H and O–H groups in total. The van der Waals surface area contributed by atoms with Crippen molar-refractivity contribution in [2.75, 3.05) is 32.1 Å². The normalized spacial score (nSPS) is 14.5. The maximum absolute atomic E-state index is 9.95. The van der Waals surface area contributed by atoms with Gasteiger partial charge in [0.2, 0.25) is 0 Å². The summed E-state index contributed by atoms with van der Waals surface area (Å²) in [5.74, 6) is 0. The van der Waals surface area contributed by atoms with Gasteiger partial charge in [-0.3, -0.25) is 0 Å². The molecule has 0 radical (unpaired) electrons. The monoisotopic (exact) mass is 328 g/mol. The highest BCUT2D eigenvalue weighted by Crippen LogP contribution is 2.30. The second-order valence-corrected chi connectivity index (χ2v) is 6.19. The summed E-state index contributed by atoms with van der Waals surface area (Å²) in [7, 11) is 4.17. The lowest BCUT2D eigenvalue weighted by atomic mass is 10.1. The number of likely N-dealkylation sites (N-methyl/N-ethyl adjacent to an activating group) is 2. The van der Waals surface area contributed by atoms with E-state index in [1.807, 2.05) is 19.1 Å². The number of aliphatic hydroxyl groups is 1. The van der Waals surface area contributed by atoms with Gasteiger partial charge in [0.25, 0.3) is 0 Å². The van der Waals surface area contributed by atoms with Crippen molar-refractivity contribution < 1.29 is 5.11 Å². The zero-order valence-corrected chi connectivity index (χ0v) is 14.1. The van der Waals surface area contributed by atoms with Crippen molar-refractivity contribution in [3.05, 3.63) is 28.2 Å². The summed E-state index contributed by atoms with van der Waals surface area (Å²) in [6, 6.07) is 6.47. The Kier molecular flexibility index (Phi) is 6.30. The van der Waals surface area contributed by atoms with E-state index in [0.29, 0.717) is 6.04 Å². The number of nitrogens with zero attached hydrogens (tertiary/aromatic N) is 2. The van der Waals surface area contributed by atoms with Crippen molar-refractivity contribution in [1.29, 1.82) is 0 Å². The quantitative estimate of drug-likeness (QED) is 0.868. The molecule has 19 heavy (non-hydrogen) atoms. The Morgan fingerprint density at radius 3 is 2.37 bits per heavy atom. The number of hydrogen-bond donors (Lipinski definition) is 1. The SMILES string of the molecule is CCN(c1cc(Br)ccc1C(C)O)C(C)CN(C)C. The molecule has 0 heterocycles. The van der Waals surface area contributed by atoms with Gasteiger partial charge in [-0.2, -0.15) is 0 Å². The number of aliphatic hydroxyl groups excluding tert-OH is 1. The van der Waals surface area contributed by atoms with E-state index in [2.05, 4.69) is 59.7 Å². The van der Waals surface area contributed by atoms with Gasteiger partial charge in [-0.25, -0.2) is 0 Å². The molecule has 0 aliphatic carbocycles. The molecule has 0 fully saturated rings. The molecule has 4 heteroatoms. The predicted molar refractivity (Wildman–Crippen MR) is 85.8 cm³/mol.